The maximum absolute atomic E-state index is 12.9. The molecule has 1 N–H and O–H groups in total. The third-order valence-corrected chi connectivity index (χ3v) is 4.83. The number of nitrogens with zero attached hydrogens (tertiary/aromatic N) is 1. The van der Waals surface area contributed by atoms with E-state index in [-0.39, 0.29) is 10.7 Å². The highest BCUT2D eigenvalue weighted by Gasteiger charge is 2.40. The van der Waals surface area contributed by atoms with Crippen molar-refractivity contribution in [2.24, 2.45) is 0 Å². The molecule has 3 rings (SSSR count). The van der Waals surface area contributed by atoms with Crippen molar-refractivity contribution in [1.82, 2.24) is 0 Å². The molecule has 1 aliphatic heterocycles. The Morgan fingerprint density at radius 1 is 1.00 bits per heavy atom. The van der Waals surface area contributed by atoms with Crippen LogP contribution in [0.15, 0.2) is 59.3 Å². The van der Waals surface area contributed by atoms with E-state index in [0.717, 1.165) is 24.2 Å². The summed E-state index contributed by atoms with van der Waals surface area (Å²) in [7, 11) is 0. The molecule has 0 bridgehead atoms. The van der Waals surface area contributed by atoms with Crippen molar-refractivity contribution in [2.45, 2.75) is 33.1 Å². The zero-order valence-corrected chi connectivity index (χ0v) is 16.8. The first-order valence-electron chi connectivity index (χ1n) is 9.43. The van der Waals surface area contributed by atoms with Crippen LogP contribution in [-0.4, -0.2) is 18.4 Å². The predicted octanol–water partition coefficient (Wildman–Crippen LogP) is 4.86. The molecule has 146 valence electrons. The molecule has 2 aromatic carbocycles. The van der Waals surface area contributed by atoms with Gasteiger partial charge in [0, 0.05) is 5.69 Å². The van der Waals surface area contributed by atoms with E-state index in [0.29, 0.717) is 23.7 Å². The lowest BCUT2D eigenvalue weighted by Gasteiger charge is -2.18. The summed E-state index contributed by atoms with van der Waals surface area (Å²) in [5, 5.41) is 2.87. The van der Waals surface area contributed by atoms with Gasteiger partial charge < -0.3 is 10.1 Å². The standard InChI is InChI=1S/C22H23ClN2O3/c1-3-5-8-15-11-13-16(14-12-15)24-20-19(23)21(26)25(22(20)27)17-9-6-7-10-18(17)28-4-2/h6-7,9-14,24H,3-5,8H2,1-2H3. The van der Waals surface area contributed by atoms with E-state index in [4.69, 9.17) is 16.3 Å². The molecular formula is C22H23ClN2O3. The van der Waals surface area contributed by atoms with Crippen LogP contribution in [0.5, 0.6) is 5.75 Å². The largest absolute Gasteiger partial charge is 0.492 e. The molecule has 2 amide bonds. The van der Waals surface area contributed by atoms with Crippen LogP contribution >= 0.6 is 11.6 Å². The number of imide groups is 1. The van der Waals surface area contributed by atoms with E-state index in [1.807, 2.05) is 31.2 Å². The molecule has 5 nitrogen and oxygen atoms in total. The molecule has 0 saturated carbocycles. The van der Waals surface area contributed by atoms with E-state index in [9.17, 15) is 9.59 Å². The molecule has 6 heteroatoms. The number of carbonyl (C=O) groups excluding carboxylic acids is 2. The molecule has 0 radical (unpaired) electrons. The Balaban J connectivity index is 1.82. The number of halogens is 1. The quantitative estimate of drug-likeness (QED) is 0.645. The van der Waals surface area contributed by atoms with Crippen LogP contribution < -0.4 is 15.0 Å². The van der Waals surface area contributed by atoms with Crippen LogP contribution in [0.4, 0.5) is 11.4 Å². The fourth-order valence-electron chi connectivity index (χ4n) is 3.03. The number of aryl methyl sites for hydroxylation is 1. The Labute approximate surface area is 169 Å². The van der Waals surface area contributed by atoms with Crippen LogP contribution in [0, 0.1) is 0 Å². The number of ether oxygens (including phenoxy) is 1. The number of unbranched alkanes of at least 4 members (excludes halogenated alkanes) is 1. The fraction of sp³-hybridized carbons (Fsp3) is 0.273. The van der Waals surface area contributed by atoms with Crippen molar-refractivity contribution in [1.29, 1.82) is 0 Å². The number of carbonyl (C=O) groups is 2. The Morgan fingerprint density at radius 2 is 1.71 bits per heavy atom. The van der Waals surface area contributed by atoms with E-state index in [1.165, 1.54) is 5.56 Å². The van der Waals surface area contributed by atoms with Gasteiger partial charge in [-0.3, -0.25) is 9.59 Å². The maximum atomic E-state index is 12.9. The van der Waals surface area contributed by atoms with Gasteiger partial charge >= 0.3 is 0 Å². The number of hydrogen-bond acceptors (Lipinski definition) is 4. The van der Waals surface area contributed by atoms with Gasteiger partial charge in [-0.2, -0.15) is 0 Å². The molecule has 0 spiro atoms. The molecule has 28 heavy (non-hydrogen) atoms. The first kappa shape index (κ1) is 20.0. The summed E-state index contributed by atoms with van der Waals surface area (Å²) in [4.78, 5) is 26.7. The Bertz CT molecular complexity index is 906. The topological polar surface area (TPSA) is 58.6 Å². The van der Waals surface area contributed by atoms with Crippen molar-refractivity contribution in [3.63, 3.8) is 0 Å². The lowest BCUT2D eigenvalue weighted by atomic mass is 10.1. The zero-order chi connectivity index (χ0) is 20.1. The minimum atomic E-state index is -0.569. The highest BCUT2D eigenvalue weighted by molar-refractivity contribution is 6.53. The van der Waals surface area contributed by atoms with Gasteiger partial charge in [-0.05, 0) is 49.6 Å². The van der Waals surface area contributed by atoms with Crippen molar-refractivity contribution >= 4 is 34.8 Å². The summed E-state index contributed by atoms with van der Waals surface area (Å²) in [5.41, 5.74) is 2.38. The Hall–Kier alpha value is -2.79. The number of amides is 2. The summed E-state index contributed by atoms with van der Waals surface area (Å²) in [5.74, 6) is -0.615. The van der Waals surface area contributed by atoms with Crippen molar-refractivity contribution in [2.75, 3.05) is 16.8 Å². The summed E-state index contributed by atoms with van der Waals surface area (Å²) in [6.07, 6.45) is 3.28. The van der Waals surface area contributed by atoms with Gasteiger partial charge in [0.15, 0.2) is 0 Å². The third-order valence-electron chi connectivity index (χ3n) is 4.48. The van der Waals surface area contributed by atoms with Crippen molar-refractivity contribution in [3.8, 4) is 5.75 Å². The first-order valence-corrected chi connectivity index (χ1v) is 9.81. The second kappa shape index (κ2) is 8.93. The van der Waals surface area contributed by atoms with Gasteiger partial charge in [0.05, 0.1) is 12.3 Å². The molecule has 0 atom stereocenters. The molecule has 1 aliphatic rings. The SMILES string of the molecule is CCCCc1ccc(NC2=C(Cl)C(=O)N(c3ccccc3OCC)C2=O)cc1. The molecular weight excluding hydrogens is 376 g/mol. The number of benzene rings is 2. The highest BCUT2D eigenvalue weighted by Crippen LogP contribution is 2.35. The van der Waals surface area contributed by atoms with Gasteiger partial charge in [0.1, 0.15) is 16.5 Å². The molecule has 0 saturated heterocycles. The molecule has 2 aromatic rings. The summed E-state index contributed by atoms with van der Waals surface area (Å²) < 4.78 is 5.55. The monoisotopic (exact) mass is 398 g/mol. The molecule has 0 fully saturated rings. The van der Waals surface area contributed by atoms with Gasteiger partial charge in [0.25, 0.3) is 11.8 Å². The highest BCUT2D eigenvalue weighted by atomic mass is 35.5. The second-order valence-corrected chi connectivity index (χ2v) is 6.84. The van der Waals surface area contributed by atoms with Crippen LogP contribution in [-0.2, 0) is 16.0 Å². The van der Waals surface area contributed by atoms with Crippen LogP contribution in [0.2, 0.25) is 0 Å². The molecule has 0 aromatic heterocycles. The van der Waals surface area contributed by atoms with Crippen LogP contribution in [0.3, 0.4) is 0 Å². The number of nitrogens with one attached hydrogen (secondary N) is 1. The number of anilines is 2. The van der Waals surface area contributed by atoms with Crippen LogP contribution in [0.25, 0.3) is 0 Å². The first-order chi connectivity index (χ1) is 13.6. The average molecular weight is 399 g/mol. The fourth-order valence-corrected chi connectivity index (χ4v) is 3.24. The van der Waals surface area contributed by atoms with Gasteiger partial charge in [-0.25, -0.2) is 4.90 Å². The van der Waals surface area contributed by atoms with E-state index < -0.39 is 11.8 Å². The molecule has 0 aliphatic carbocycles. The summed E-state index contributed by atoms with van der Waals surface area (Å²) in [6, 6.07) is 14.7. The van der Waals surface area contributed by atoms with Gasteiger partial charge in [0.2, 0.25) is 0 Å². The summed E-state index contributed by atoms with van der Waals surface area (Å²) in [6.45, 7) is 4.42. The Morgan fingerprint density at radius 3 is 2.39 bits per heavy atom. The van der Waals surface area contributed by atoms with E-state index in [1.54, 1.807) is 24.3 Å². The van der Waals surface area contributed by atoms with E-state index in [2.05, 4.69) is 12.2 Å². The lowest BCUT2D eigenvalue weighted by Crippen LogP contribution is -2.32. The predicted molar refractivity (Wildman–Crippen MR) is 112 cm³/mol. The molecule has 1 heterocycles. The number of para-hydroxylation sites is 2. The zero-order valence-electron chi connectivity index (χ0n) is 16.0. The lowest BCUT2D eigenvalue weighted by molar-refractivity contribution is -0.120. The summed E-state index contributed by atoms with van der Waals surface area (Å²) >= 11 is 6.21. The third kappa shape index (κ3) is 4.04. The minimum absolute atomic E-state index is 0.0688. The van der Waals surface area contributed by atoms with Gasteiger partial charge in [-0.1, -0.05) is 49.2 Å². The maximum Gasteiger partial charge on any atom is 0.283 e. The van der Waals surface area contributed by atoms with Crippen molar-refractivity contribution < 1.29 is 14.3 Å². The van der Waals surface area contributed by atoms with Crippen molar-refractivity contribution in [3.05, 3.63) is 64.8 Å². The number of hydrogen-bond donors (Lipinski definition) is 1. The van der Waals surface area contributed by atoms with Gasteiger partial charge in [-0.15, -0.1) is 0 Å². The number of rotatable bonds is 8. The smallest absolute Gasteiger partial charge is 0.283 e. The normalized spacial score (nSPS) is 14.0. The Kier molecular flexibility index (Phi) is 6.37. The van der Waals surface area contributed by atoms with E-state index >= 15 is 0 Å². The minimum Gasteiger partial charge on any atom is -0.492 e. The average Bonchev–Trinajstić information content (AvgIpc) is 2.91. The molecule has 0 unspecified atom stereocenters. The second-order valence-electron chi connectivity index (χ2n) is 6.46. The van der Waals surface area contributed by atoms with Crippen LogP contribution in [0.1, 0.15) is 32.3 Å².